The molecular weight excluding hydrogens is 387 g/mol. The van der Waals surface area contributed by atoms with E-state index in [0.717, 1.165) is 42.0 Å². The SMILES string of the molecule is C/C(=N\NC(=S)NCc1ccc(F)cc1)c1ccc(O)c(C[NH+]2CCCCC2)c1. The molecule has 4 N–H and O–H groups in total. The van der Waals surface area contributed by atoms with Crippen molar-refractivity contribution in [3.05, 3.63) is 65.0 Å². The highest BCUT2D eigenvalue weighted by atomic mass is 32.1. The molecule has 1 fully saturated rings. The molecule has 0 spiro atoms. The first-order valence-corrected chi connectivity index (χ1v) is 10.4. The van der Waals surface area contributed by atoms with Crippen molar-refractivity contribution in [3.63, 3.8) is 0 Å². The summed E-state index contributed by atoms with van der Waals surface area (Å²) in [5.41, 5.74) is 6.46. The molecule has 7 heteroatoms. The van der Waals surface area contributed by atoms with Gasteiger partial charge < -0.3 is 15.3 Å². The van der Waals surface area contributed by atoms with E-state index >= 15 is 0 Å². The number of hydrogen-bond donors (Lipinski definition) is 4. The minimum absolute atomic E-state index is 0.259. The molecule has 2 aromatic carbocycles. The van der Waals surface area contributed by atoms with Crippen LogP contribution in [0.3, 0.4) is 0 Å². The lowest BCUT2D eigenvalue weighted by Gasteiger charge is -2.24. The normalized spacial score (nSPS) is 15.2. The average Bonchev–Trinajstić information content (AvgIpc) is 2.74. The van der Waals surface area contributed by atoms with Gasteiger partial charge >= 0.3 is 0 Å². The summed E-state index contributed by atoms with van der Waals surface area (Å²) < 4.78 is 12.9. The van der Waals surface area contributed by atoms with Gasteiger partial charge in [0, 0.05) is 12.1 Å². The zero-order chi connectivity index (χ0) is 20.6. The number of rotatable bonds is 6. The smallest absolute Gasteiger partial charge is 0.187 e. The van der Waals surface area contributed by atoms with Crippen molar-refractivity contribution in [1.82, 2.24) is 10.7 Å². The second-order valence-electron chi connectivity index (χ2n) is 7.45. The van der Waals surface area contributed by atoms with Gasteiger partial charge in [0.2, 0.25) is 0 Å². The largest absolute Gasteiger partial charge is 0.507 e. The highest BCUT2D eigenvalue weighted by molar-refractivity contribution is 7.80. The van der Waals surface area contributed by atoms with E-state index in [0.29, 0.717) is 17.4 Å². The first-order valence-electron chi connectivity index (χ1n) is 9.99. The lowest BCUT2D eigenvalue weighted by molar-refractivity contribution is -0.918. The number of phenols is 1. The van der Waals surface area contributed by atoms with Crippen molar-refractivity contribution in [1.29, 1.82) is 0 Å². The topological polar surface area (TPSA) is 61.1 Å². The number of likely N-dealkylation sites (tertiary alicyclic amines) is 1. The Bertz CT molecular complexity index is 864. The van der Waals surface area contributed by atoms with Crippen molar-refractivity contribution >= 4 is 23.0 Å². The van der Waals surface area contributed by atoms with E-state index in [1.54, 1.807) is 18.2 Å². The molecule has 1 aliphatic heterocycles. The summed E-state index contributed by atoms with van der Waals surface area (Å²) in [7, 11) is 0. The maximum Gasteiger partial charge on any atom is 0.187 e. The van der Waals surface area contributed by atoms with Crippen molar-refractivity contribution in [2.45, 2.75) is 39.3 Å². The molecule has 0 unspecified atom stereocenters. The number of hydrogen-bond acceptors (Lipinski definition) is 3. The Labute approximate surface area is 176 Å². The Kier molecular flexibility index (Phi) is 7.55. The molecule has 2 aromatic rings. The van der Waals surface area contributed by atoms with Crippen LogP contribution in [-0.4, -0.2) is 29.0 Å². The Balaban J connectivity index is 1.56. The summed E-state index contributed by atoms with van der Waals surface area (Å²) >= 11 is 5.26. The van der Waals surface area contributed by atoms with Crippen LogP contribution < -0.4 is 15.6 Å². The van der Waals surface area contributed by atoms with Crippen LogP contribution in [0.4, 0.5) is 4.39 Å². The third-order valence-corrected chi connectivity index (χ3v) is 5.43. The summed E-state index contributed by atoms with van der Waals surface area (Å²) in [6.45, 7) is 5.54. The molecule has 0 radical (unpaired) electrons. The van der Waals surface area contributed by atoms with Gasteiger partial charge in [-0.05, 0) is 79.9 Å². The van der Waals surface area contributed by atoms with E-state index in [-0.39, 0.29) is 5.82 Å². The maximum atomic E-state index is 12.9. The predicted molar refractivity (Wildman–Crippen MR) is 118 cm³/mol. The molecule has 5 nitrogen and oxygen atoms in total. The molecule has 0 bridgehead atoms. The van der Waals surface area contributed by atoms with E-state index in [2.05, 4.69) is 15.8 Å². The minimum atomic E-state index is -0.259. The number of hydrazone groups is 1. The number of piperidine rings is 1. The molecule has 1 saturated heterocycles. The van der Waals surface area contributed by atoms with Gasteiger partial charge in [-0.2, -0.15) is 5.10 Å². The predicted octanol–water partition coefficient (Wildman–Crippen LogP) is 2.49. The quantitative estimate of drug-likeness (QED) is 0.333. The van der Waals surface area contributed by atoms with Gasteiger partial charge in [0.15, 0.2) is 5.11 Å². The van der Waals surface area contributed by atoms with E-state index in [4.69, 9.17) is 12.2 Å². The lowest BCUT2D eigenvalue weighted by Crippen LogP contribution is -3.11. The van der Waals surface area contributed by atoms with Crippen molar-refractivity contribution in [2.75, 3.05) is 13.1 Å². The van der Waals surface area contributed by atoms with E-state index in [1.165, 1.54) is 36.3 Å². The number of thiocarbonyl (C=S) groups is 1. The Hall–Kier alpha value is -2.51. The van der Waals surface area contributed by atoms with Gasteiger partial charge in [-0.15, -0.1) is 0 Å². The second kappa shape index (κ2) is 10.3. The maximum absolute atomic E-state index is 12.9. The van der Waals surface area contributed by atoms with E-state index in [1.807, 2.05) is 19.1 Å². The van der Waals surface area contributed by atoms with Crippen LogP contribution in [0.25, 0.3) is 0 Å². The fourth-order valence-corrected chi connectivity index (χ4v) is 3.59. The Morgan fingerprint density at radius 2 is 1.86 bits per heavy atom. The molecule has 0 amide bonds. The van der Waals surface area contributed by atoms with Crippen LogP contribution in [0, 0.1) is 5.82 Å². The summed E-state index contributed by atoms with van der Waals surface area (Å²) in [5, 5.41) is 18.0. The fraction of sp³-hybridized carbons (Fsp3) is 0.364. The molecule has 0 aromatic heterocycles. The van der Waals surface area contributed by atoms with Crippen LogP contribution in [0.15, 0.2) is 47.6 Å². The van der Waals surface area contributed by atoms with Gasteiger partial charge in [0.05, 0.1) is 18.8 Å². The van der Waals surface area contributed by atoms with E-state index in [9.17, 15) is 9.50 Å². The number of aromatic hydroxyl groups is 1. The molecule has 0 saturated carbocycles. The van der Waals surface area contributed by atoms with Crippen molar-refractivity contribution < 1.29 is 14.4 Å². The number of nitrogens with one attached hydrogen (secondary N) is 3. The monoisotopic (exact) mass is 415 g/mol. The molecule has 29 heavy (non-hydrogen) atoms. The third-order valence-electron chi connectivity index (χ3n) is 5.19. The second-order valence-corrected chi connectivity index (χ2v) is 7.86. The first kappa shape index (κ1) is 21.2. The van der Waals surface area contributed by atoms with Crippen LogP contribution in [-0.2, 0) is 13.1 Å². The molecule has 3 rings (SSSR count). The number of phenolic OH excluding ortho intramolecular Hbond substituents is 1. The van der Waals surface area contributed by atoms with Gasteiger partial charge in [0.25, 0.3) is 0 Å². The fourth-order valence-electron chi connectivity index (χ4n) is 3.47. The molecule has 1 aliphatic rings. The molecule has 0 atom stereocenters. The third kappa shape index (κ3) is 6.51. The number of nitrogens with zero attached hydrogens (tertiary/aromatic N) is 1. The van der Waals surface area contributed by atoms with E-state index < -0.39 is 0 Å². The molecule has 154 valence electrons. The highest BCUT2D eigenvalue weighted by Gasteiger charge is 2.16. The number of quaternary nitrogens is 1. The van der Waals surface area contributed by atoms with Crippen LogP contribution >= 0.6 is 12.2 Å². The lowest BCUT2D eigenvalue weighted by atomic mass is 10.0. The summed E-state index contributed by atoms with van der Waals surface area (Å²) in [6, 6.07) is 11.9. The first-order chi connectivity index (χ1) is 14.0. The Morgan fingerprint density at radius 3 is 2.59 bits per heavy atom. The Morgan fingerprint density at radius 1 is 1.14 bits per heavy atom. The van der Waals surface area contributed by atoms with Crippen LogP contribution in [0.5, 0.6) is 5.75 Å². The van der Waals surface area contributed by atoms with Crippen molar-refractivity contribution in [2.24, 2.45) is 5.10 Å². The average molecular weight is 416 g/mol. The van der Waals surface area contributed by atoms with Crippen LogP contribution in [0.2, 0.25) is 0 Å². The zero-order valence-electron chi connectivity index (χ0n) is 16.7. The highest BCUT2D eigenvalue weighted by Crippen LogP contribution is 2.18. The number of halogens is 1. The minimum Gasteiger partial charge on any atom is -0.507 e. The van der Waals surface area contributed by atoms with Gasteiger partial charge in [0.1, 0.15) is 18.1 Å². The van der Waals surface area contributed by atoms with Gasteiger partial charge in [-0.25, -0.2) is 4.39 Å². The summed E-state index contributed by atoms with van der Waals surface area (Å²) in [4.78, 5) is 1.52. The van der Waals surface area contributed by atoms with Gasteiger partial charge in [-0.3, -0.25) is 5.43 Å². The van der Waals surface area contributed by atoms with Gasteiger partial charge in [-0.1, -0.05) is 12.1 Å². The van der Waals surface area contributed by atoms with Crippen molar-refractivity contribution in [3.8, 4) is 5.75 Å². The zero-order valence-corrected chi connectivity index (χ0v) is 17.5. The number of benzene rings is 2. The standard InChI is InChI=1S/C22H27FN4OS/c1-16(25-26-22(29)24-14-17-5-8-20(23)9-6-17)18-7-10-21(28)19(13-18)15-27-11-3-2-4-12-27/h5-10,13,28H,2-4,11-12,14-15H2,1H3,(H2,24,26,29)/p+1/b25-16+. The molecule has 1 heterocycles. The molecular formula is C22H28FN4OS+. The molecule has 0 aliphatic carbocycles. The van der Waals surface area contributed by atoms with Crippen LogP contribution in [0.1, 0.15) is 42.9 Å². The summed E-state index contributed by atoms with van der Waals surface area (Å²) in [5.74, 6) is 0.0777. The summed E-state index contributed by atoms with van der Waals surface area (Å²) in [6.07, 6.45) is 3.81.